The van der Waals surface area contributed by atoms with Gasteiger partial charge in [-0.2, -0.15) is 0 Å². The Morgan fingerprint density at radius 3 is 2.94 bits per heavy atom. The molecule has 1 aliphatic heterocycles. The van der Waals surface area contributed by atoms with Crippen LogP contribution in [0.15, 0.2) is 24.3 Å². The topological polar surface area (TPSA) is 69.6 Å². The molecule has 0 saturated heterocycles. The summed E-state index contributed by atoms with van der Waals surface area (Å²) in [5.41, 5.74) is 1.61. The van der Waals surface area contributed by atoms with Gasteiger partial charge in [0.1, 0.15) is 0 Å². The summed E-state index contributed by atoms with van der Waals surface area (Å²) in [6, 6.07) is 7.39. The molecule has 1 heterocycles. The van der Waals surface area contributed by atoms with Gasteiger partial charge in [0.2, 0.25) is 5.91 Å². The summed E-state index contributed by atoms with van der Waals surface area (Å²) in [6.45, 7) is 2.01. The molecule has 1 aromatic rings. The van der Waals surface area contributed by atoms with Gasteiger partial charge < -0.3 is 15.3 Å². The van der Waals surface area contributed by atoms with Crippen LogP contribution in [0.4, 0.5) is 11.4 Å². The smallest absolute Gasteiger partial charge is 0.308 e. The first-order valence-electron chi connectivity index (χ1n) is 5.45. The van der Waals surface area contributed by atoms with Crippen LogP contribution in [0.25, 0.3) is 0 Å². The van der Waals surface area contributed by atoms with Crippen molar-refractivity contribution in [2.75, 3.05) is 23.3 Å². The van der Waals surface area contributed by atoms with E-state index in [0.717, 1.165) is 11.4 Å². The molecule has 2 N–H and O–H groups in total. The number of amides is 1. The predicted molar refractivity (Wildman–Crippen MR) is 64.1 cm³/mol. The molecule has 0 aromatic heterocycles. The van der Waals surface area contributed by atoms with Crippen LogP contribution in [0.5, 0.6) is 0 Å². The average molecular weight is 234 g/mol. The molecule has 0 fully saturated rings. The van der Waals surface area contributed by atoms with E-state index in [9.17, 15) is 9.59 Å². The number of carbonyl (C=O) groups excluding carboxylic acids is 1. The molecular formula is C12H14N2O3. The largest absolute Gasteiger partial charge is 0.481 e. The van der Waals surface area contributed by atoms with Crippen molar-refractivity contribution in [3.63, 3.8) is 0 Å². The standard InChI is InChI=1S/C12H14N2O3/c1-8(12(16)17)7-14-10-5-3-2-4-9(10)13-6-11(14)15/h2-5,8,13H,6-7H2,1H3,(H,16,17). The Labute approximate surface area is 99.0 Å². The Hall–Kier alpha value is -2.04. The Balaban J connectivity index is 2.27. The minimum atomic E-state index is -0.895. The van der Waals surface area contributed by atoms with Gasteiger partial charge in [-0.05, 0) is 12.1 Å². The van der Waals surface area contributed by atoms with Crippen molar-refractivity contribution in [2.45, 2.75) is 6.92 Å². The highest BCUT2D eigenvalue weighted by Crippen LogP contribution is 2.29. The number of rotatable bonds is 3. The van der Waals surface area contributed by atoms with Crippen LogP contribution in [0.2, 0.25) is 0 Å². The van der Waals surface area contributed by atoms with Gasteiger partial charge >= 0.3 is 5.97 Å². The van der Waals surface area contributed by atoms with E-state index in [0.29, 0.717) is 0 Å². The number of benzene rings is 1. The van der Waals surface area contributed by atoms with Crippen LogP contribution >= 0.6 is 0 Å². The lowest BCUT2D eigenvalue weighted by atomic mass is 10.1. The number of nitrogens with zero attached hydrogens (tertiary/aromatic N) is 1. The van der Waals surface area contributed by atoms with Crippen LogP contribution in [0.1, 0.15) is 6.92 Å². The summed E-state index contributed by atoms with van der Waals surface area (Å²) in [7, 11) is 0. The number of carboxylic acids is 1. The maximum atomic E-state index is 11.8. The molecule has 1 atom stereocenters. The first kappa shape index (κ1) is 11.4. The number of hydrogen-bond donors (Lipinski definition) is 2. The van der Waals surface area contributed by atoms with E-state index >= 15 is 0 Å². The zero-order valence-corrected chi connectivity index (χ0v) is 9.51. The van der Waals surface area contributed by atoms with Gasteiger partial charge in [0.05, 0.1) is 23.8 Å². The van der Waals surface area contributed by atoms with Crippen molar-refractivity contribution in [1.82, 2.24) is 0 Å². The third kappa shape index (κ3) is 2.22. The molecule has 2 rings (SSSR count). The number of carboxylic acid groups (broad SMARTS) is 1. The molecule has 5 heteroatoms. The van der Waals surface area contributed by atoms with Crippen molar-refractivity contribution in [3.8, 4) is 0 Å². The maximum Gasteiger partial charge on any atom is 0.308 e. The number of hydrogen-bond acceptors (Lipinski definition) is 3. The van der Waals surface area contributed by atoms with Gasteiger partial charge in [-0.3, -0.25) is 9.59 Å². The van der Waals surface area contributed by atoms with Crippen molar-refractivity contribution in [3.05, 3.63) is 24.3 Å². The van der Waals surface area contributed by atoms with Gasteiger partial charge in [-0.15, -0.1) is 0 Å². The number of para-hydroxylation sites is 2. The van der Waals surface area contributed by atoms with Crippen molar-refractivity contribution in [1.29, 1.82) is 0 Å². The highest BCUT2D eigenvalue weighted by molar-refractivity contribution is 6.02. The molecule has 0 radical (unpaired) electrons. The minimum absolute atomic E-state index is 0.100. The molecule has 1 unspecified atom stereocenters. The number of nitrogens with one attached hydrogen (secondary N) is 1. The average Bonchev–Trinajstić information content (AvgIpc) is 2.32. The first-order chi connectivity index (χ1) is 8.09. The Morgan fingerprint density at radius 1 is 1.53 bits per heavy atom. The highest BCUT2D eigenvalue weighted by Gasteiger charge is 2.26. The lowest BCUT2D eigenvalue weighted by Crippen LogP contribution is -2.43. The minimum Gasteiger partial charge on any atom is -0.481 e. The summed E-state index contributed by atoms with van der Waals surface area (Å²) in [5, 5.41) is 11.9. The molecule has 0 bridgehead atoms. The third-order valence-electron chi connectivity index (χ3n) is 2.80. The summed E-state index contributed by atoms with van der Waals surface area (Å²) >= 11 is 0. The molecule has 1 aromatic carbocycles. The van der Waals surface area contributed by atoms with Gasteiger partial charge in [0.25, 0.3) is 0 Å². The molecule has 5 nitrogen and oxygen atoms in total. The van der Waals surface area contributed by atoms with Crippen molar-refractivity contribution >= 4 is 23.3 Å². The first-order valence-corrected chi connectivity index (χ1v) is 5.45. The highest BCUT2D eigenvalue weighted by atomic mass is 16.4. The van der Waals surface area contributed by atoms with Gasteiger partial charge in [-0.1, -0.05) is 19.1 Å². The molecule has 1 aliphatic rings. The fourth-order valence-electron chi connectivity index (χ4n) is 1.81. The van der Waals surface area contributed by atoms with Crippen LogP contribution in [0, 0.1) is 5.92 Å². The maximum absolute atomic E-state index is 11.8. The molecule has 0 aliphatic carbocycles. The predicted octanol–water partition coefficient (Wildman–Crippen LogP) is 1.17. The monoisotopic (exact) mass is 234 g/mol. The second kappa shape index (κ2) is 4.45. The SMILES string of the molecule is CC(CN1C(=O)CNc2ccccc21)C(=O)O. The van der Waals surface area contributed by atoms with Gasteiger partial charge in [-0.25, -0.2) is 0 Å². The molecule has 0 spiro atoms. The zero-order chi connectivity index (χ0) is 12.4. The van der Waals surface area contributed by atoms with E-state index in [-0.39, 0.29) is 19.0 Å². The molecule has 17 heavy (non-hydrogen) atoms. The van der Waals surface area contributed by atoms with E-state index in [1.807, 2.05) is 24.3 Å². The van der Waals surface area contributed by atoms with Crippen LogP contribution in [-0.2, 0) is 9.59 Å². The molecule has 0 saturated carbocycles. The Bertz CT molecular complexity index is 459. The second-order valence-electron chi connectivity index (χ2n) is 4.11. The summed E-state index contributed by atoms with van der Waals surface area (Å²) < 4.78 is 0. The summed E-state index contributed by atoms with van der Waals surface area (Å²) in [6.07, 6.45) is 0. The fourth-order valence-corrected chi connectivity index (χ4v) is 1.81. The fraction of sp³-hybridized carbons (Fsp3) is 0.333. The van der Waals surface area contributed by atoms with E-state index in [4.69, 9.17) is 5.11 Å². The lowest BCUT2D eigenvalue weighted by molar-refractivity contribution is -0.140. The van der Waals surface area contributed by atoms with E-state index in [2.05, 4.69) is 5.32 Å². The number of carbonyl (C=O) groups is 2. The Kier molecular flexibility index (Phi) is 2.99. The van der Waals surface area contributed by atoms with Gasteiger partial charge in [0, 0.05) is 6.54 Å². The third-order valence-corrected chi connectivity index (χ3v) is 2.80. The van der Waals surface area contributed by atoms with Crippen LogP contribution in [-0.4, -0.2) is 30.1 Å². The lowest BCUT2D eigenvalue weighted by Gasteiger charge is -2.31. The zero-order valence-electron chi connectivity index (χ0n) is 9.51. The molecule has 90 valence electrons. The quantitative estimate of drug-likeness (QED) is 0.823. The number of aliphatic carboxylic acids is 1. The molecular weight excluding hydrogens is 220 g/mol. The van der Waals surface area contributed by atoms with Gasteiger partial charge in [0.15, 0.2) is 0 Å². The molecule has 1 amide bonds. The van der Waals surface area contributed by atoms with E-state index in [1.165, 1.54) is 4.90 Å². The Morgan fingerprint density at radius 2 is 2.24 bits per heavy atom. The van der Waals surface area contributed by atoms with Crippen molar-refractivity contribution < 1.29 is 14.7 Å². The van der Waals surface area contributed by atoms with E-state index in [1.54, 1.807) is 6.92 Å². The van der Waals surface area contributed by atoms with Crippen LogP contribution < -0.4 is 10.2 Å². The van der Waals surface area contributed by atoms with Crippen molar-refractivity contribution in [2.24, 2.45) is 5.92 Å². The summed E-state index contributed by atoms with van der Waals surface area (Å²) in [4.78, 5) is 24.2. The second-order valence-corrected chi connectivity index (χ2v) is 4.11. The number of fused-ring (bicyclic) bond motifs is 1. The van der Waals surface area contributed by atoms with Crippen LogP contribution in [0.3, 0.4) is 0 Å². The number of anilines is 2. The normalized spacial score (nSPS) is 16.1. The summed E-state index contributed by atoms with van der Waals surface area (Å²) in [5.74, 6) is -1.57. The van der Waals surface area contributed by atoms with E-state index < -0.39 is 11.9 Å².